The molecule has 0 aliphatic carbocycles. The molecule has 0 atom stereocenters. The number of aromatic nitrogens is 3. The molecule has 1 amide bonds. The Morgan fingerprint density at radius 2 is 2.06 bits per heavy atom. The lowest BCUT2D eigenvalue weighted by molar-refractivity contribution is 0.0954. The van der Waals surface area contributed by atoms with Crippen molar-refractivity contribution in [1.29, 1.82) is 0 Å². The van der Waals surface area contributed by atoms with Crippen LogP contribution < -0.4 is 5.32 Å². The van der Waals surface area contributed by atoms with Crippen LogP contribution in [0.3, 0.4) is 0 Å². The Morgan fingerprint density at radius 1 is 1.33 bits per heavy atom. The predicted octanol–water partition coefficient (Wildman–Crippen LogP) is 2.08. The van der Waals surface area contributed by atoms with Gasteiger partial charge in [0.25, 0.3) is 5.91 Å². The third-order valence-corrected chi connectivity index (χ3v) is 2.93. The van der Waals surface area contributed by atoms with Crippen LogP contribution >= 0.6 is 23.2 Å². The number of benzene rings is 1. The fourth-order valence-corrected chi connectivity index (χ4v) is 2.02. The van der Waals surface area contributed by atoms with Crippen molar-refractivity contribution in [3.05, 3.63) is 46.0 Å². The predicted molar refractivity (Wildman–Crippen MR) is 68.9 cm³/mol. The first kappa shape index (κ1) is 12.9. The molecule has 7 heteroatoms. The molecule has 1 aromatic carbocycles. The highest BCUT2D eigenvalue weighted by atomic mass is 35.5. The van der Waals surface area contributed by atoms with Gasteiger partial charge >= 0.3 is 0 Å². The van der Waals surface area contributed by atoms with Crippen LogP contribution in [0.4, 0.5) is 0 Å². The average molecular weight is 285 g/mol. The van der Waals surface area contributed by atoms with Gasteiger partial charge in [-0.15, -0.1) is 0 Å². The van der Waals surface area contributed by atoms with Crippen LogP contribution in [0.2, 0.25) is 10.0 Å². The largest absolute Gasteiger partial charge is 0.351 e. The zero-order chi connectivity index (χ0) is 13.0. The minimum absolute atomic E-state index is 0.290. The highest BCUT2D eigenvalue weighted by Crippen LogP contribution is 2.23. The number of carbonyl (C=O) groups is 1. The molecular weight excluding hydrogens is 275 g/mol. The first-order valence-corrected chi connectivity index (χ1v) is 6.00. The lowest BCUT2D eigenvalue weighted by atomic mass is 10.2. The number of carbonyl (C=O) groups excluding carboxylic acids is 1. The molecule has 2 rings (SSSR count). The van der Waals surface area contributed by atoms with Crippen LogP contribution in [-0.2, 0) is 6.42 Å². The molecule has 5 nitrogen and oxygen atoms in total. The van der Waals surface area contributed by atoms with E-state index in [1.165, 1.54) is 6.33 Å². The summed E-state index contributed by atoms with van der Waals surface area (Å²) in [5.74, 6) is 0.408. The van der Waals surface area contributed by atoms with E-state index >= 15 is 0 Å². The zero-order valence-electron chi connectivity index (χ0n) is 9.28. The van der Waals surface area contributed by atoms with Crippen LogP contribution in [-0.4, -0.2) is 27.6 Å². The van der Waals surface area contributed by atoms with Gasteiger partial charge in [-0.2, -0.15) is 5.10 Å². The molecular formula is C11H10Cl2N4O. The molecule has 0 radical (unpaired) electrons. The third kappa shape index (κ3) is 3.00. The van der Waals surface area contributed by atoms with Crippen molar-refractivity contribution >= 4 is 29.1 Å². The third-order valence-electron chi connectivity index (χ3n) is 2.30. The van der Waals surface area contributed by atoms with Crippen molar-refractivity contribution < 1.29 is 4.79 Å². The molecule has 0 saturated heterocycles. The molecule has 0 fully saturated rings. The summed E-state index contributed by atoms with van der Waals surface area (Å²) < 4.78 is 0. The molecule has 1 aromatic heterocycles. The standard InChI is InChI=1S/C11H10Cl2N4O/c12-7-2-1-3-8(13)10(7)11(18)14-5-4-9-15-6-16-17-9/h1-3,6H,4-5H2,(H,14,18)(H,15,16,17). The molecule has 2 aromatic rings. The normalized spacial score (nSPS) is 10.3. The van der Waals surface area contributed by atoms with Crippen molar-refractivity contribution in [2.75, 3.05) is 6.54 Å². The Balaban J connectivity index is 1.96. The van der Waals surface area contributed by atoms with E-state index in [1.807, 2.05) is 0 Å². The second-order valence-corrected chi connectivity index (χ2v) is 4.35. The number of nitrogens with zero attached hydrogens (tertiary/aromatic N) is 2. The molecule has 2 N–H and O–H groups in total. The number of H-pyrrole nitrogens is 1. The lowest BCUT2D eigenvalue weighted by Crippen LogP contribution is -2.26. The van der Waals surface area contributed by atoms with Crippen LogP contribution in [0.25, 0.3) is 0 Å². The topological polar surface area (TPSA) is 70.7 Å². The van der Waals surface area contributed by atoms with E-state index in [4.69, 9.17) is 23.2 Å². The molecule has 0 unspecified atom stereocenters. The van der Waals surface area contributed by atoms with Gasteiger partial charge in [0.2, 0.25) is 0 Å². The number of aromatic amines is 1. The van der Waals surface area contributed by atoms with Crippen LogP contribution in [0.15, 0.2) is 24.5 Å². The first-order valence-electron chi connectivity index (χ1n) is 5.25. The molecule has 18 heavy (non-hydrogen) atoms. The Bertz CT molecular complexity index is 522. The summed E-state index contributed by atoms with van der Waals surface area (Å²) >= 11 is 11.9. The summed E-state index contributed by atoms with van der Waals surface area (Å²) in [6.45, 7) is 0.426. The first-order chi connectivity index (χ1) is 8.68. The molecule has 0 bridgehead atoms. The van der Waals surface area contributed by atoms with Gasteiger partial charge in [-0.3, -0.25) is 9.89 Å². The highest BCUT2D eigenvalue weighted by Gasteiger charge is 2.13. The van der Waals surface area contributed by atoms with Crippen molar-refractivity contribution in [1.82, 2.24) is 20.5 Å². The van der Waals surface area contributed by atoms with E-state index in [0.717, 1.165) is 0 Å². The van der Waals surface area contributed by atoms with Gasteiger partial charge in [-0.05, 0) is 12.1 Å². The SMILES string of the molecule is O=C(NCCc1ncn[nH]1)c1c(Cl)cccc1Cl. The number of halogens is 2. The van der Waals surface area contributed by atoms with Crippen LogP contribution in [0, 0.1) is 0 Å². The fourth-order valence-electron chi connectivity index (χ4n) is 1.45. The maximum absolute atomic E-state index is 11.9. The number of amides is 1. The Hall–Kier alpha value is -1.59. The van der Waals surface area contributed by atoms with Gasteiger partial charge in [-0.1, -0.05) is 29.3 Å². The number of rotatable bonds is 4. The second-order valence-electron chi connectivity index (χ2n) is 3.53. The minimum Gasteiger partial charge on any atom is -0.351 e. The average Bonchev–Trinajstić information content (AvgIpc) is 2.82. The van der Waals surface area contributed by atoms with E-state index in [0.29, 0.717) is 34.4 Å². The second kappa shape index (κ2) is 5.84. The summed E-state index contributed by atoms with van der Waals surface area (Å²) in [7, 11) is 0. The van der Waals surface area contributed by atoms with Crippen molar-refractivity contribution in [2.45, 2.75) is 6.42 Å². The van der Waals surface area contributed by atoms with E-state index < -0.39 is 0 Å². The Labute approximate surface area is 114 Å². The summed E-state index contributed by atoms with van der Waals surface area (Å²) in [6.07, 6.45) is 1.98. The maximum Gasteiger partial charge on any atom is 0.254 e. The van der Waals surface area contributed by atoms with Crippen LogP contribution in [0.1, 0.15) is 16.2 Å². The maximum atomic E-state index is 11.9. The summed E-state index contributed by atoms with van der Waals surface area (Å²) in [5, 5.41) is 9.81. The van der Waals surface area contributed by atoms with Gasteiger partial charge in [0.1, 0.15) is 12.2 Å². The lowest BCUT2D eigenvalue weighted by Gasteiger charge is -2.07. The van der Waals surface area contributed by atoms with Crippen molar-refractivity contribution in [2.24, 2.45) is 0 Å². The van der Waals surface area contributed by atoms with Crippen molar-refractivity contribution in [3.63, 3.8) is 0 Å². The van der Waals surface area contributed by atoms with Gasteiger partial charge in [-0.25, -0.2) is 4.98 Å². The molecule has 94 valence electrons. The fraction of sp³-hybridized carbons (Fsp3) is 0.182. The smallest absolute Gasteiger partial charge is 0.254 e. The summed E-state index contributed by atoms with van der Waals surface area (Å²) in [4.78, 5) is 15.8. The van der Waals surface area contributed by atoms with E-state index in [-0.39, 0.29) is 5.91 Å². The Kier molecular flexibility index (Phi) is 4.17. The number of hydrogen-bond acceptors (Lipinski definition) is 3. The zero-order valence-corrected chi connectivity index (χ0v) is 10.8. The number of hydrogen-bond donors (Lipinski definition) is 2. The van der Waals surface area contributed by atoms with Gasteiger partial charge in [0.15, 0.2) is 0 Å². The van der Waals surface area contributed by atoms with Gasteiger partial charge in [0, 0.05) is 13.0 Å². The van der Waals surface area contributed by atoms with Gasteiger partial charge in [0.05, 0.1) is 15.6 Å². The minimum atomic E-state index is -0.301. The Morgan fingerprint density at radius 3 is 2.67 bits per heavy atom. The molecule has 1 heterocycles. The van der Waals surface area contributed by atoms with Crippen LogP contribution in [0.5, 0.6) is 0 Å². The van der Waals surface area contributed by atoms with E-state index in [1.54, 1.807) is 18.2 Å². The molecule has 0 saturated carbocycles. The quantitative estimate of drug-likeness (QED) is 0.903. The van der Waals surface area contributed by atoms with E-state index in [2.05, 4.69) is 20.5 Å². The van der Waals surface area contributed by atoms with Gasteiger partial charge < -0.3 is 5.32 Å². The molecule has 0 aliphatic heterocycles. The van der Waals surface area contributed by atoms with E-state index in [9.17, 15) is 4.79 Å². The molecule has 0 spiro atoms. The highest BCUT2D eigenvalue weighted by molar-refractivity contribution is 6.39. The number of nitrogens with one attached hydrogen (secondary N) is 2. The van der Waals surface area contributed by atoms with Crippen molar-refractivity contribution in [3.8, 4) is 0 Å². The summed E-state index contributed by atoms with van der Waals surface area (Å²) in [5.41, 5.74) is 0.290. The summed E-state index contributed by atoms with van der Waals surface area (Å²) in [6, 6.07) is 4.94. The molecule has 0 aliphatic rings. The monoisotopic (exact) mass is 284 g/mol.